The van der Waals surface area contributed by atoms with Crippen LogP contribution < -0.4 is 0 Å². The van der Waals surface area contributed by atoms with Crippen LogP contribution in [0.1, 0.15) is 27.2 Å². The smallest absolute Gasteiger partial charge is 0.0805 e. The van der Waals surface area contributed by atoms with Gasteiger partial charge in [0.25, 0.3) is 0 Å². The Balaban J connectivity index is 2.47. The Hall–Kier alpha value is -0.0800. The minimum Gasteiger partial charge on any atom is -0.390 e. The lowest BCUT2D eigenvalue weighted by atomic mass is 9.84. The van der Waals surface area contributed by atoms with Crippen molar-refractivity contribution in [2.75, 3.05) is 6.61 Å². The highest BCUT2D eigenvalue weighted by atomic mass is 16.5. The molecule has 1 rings (SSSR count). The number of aliphatic hydroxyl groups is 1. The molecule has 0 aliphatic carbocycles. The van der Waals surface area contributed by atoms with Crippen LogP contribution in [0.5, 0.6) is 0 Å². The van der Waals surface area contributed by atoms with Gasteiger partial charge < -0.3 is 9.84 Å². The fourth-order valence-corrected chi connectivity index (χ4v) is 1.71. The van der Waals surface area contributed by atoms with Crippen molar-refractivity contribution < 1.29 is 9.84 Å². The van der Waals surface area contributed by atoms with Gasteiger partial charge in [0.2, 0.25) is 0 Å². The lowest BCUT2D eigenvalue weighted by Gasteiger charge is -2.34. The monoisotopic (exact) mass is 158 g/mol. The predicted octanol–water partition coefficient (Wildman–Crippen LogP) is 1.43. The Bertz CT molecular complexity index is 123. The second kappa shape index (κ2) is 3.55. The van der Waals surface area contributed by atoms with Crippen molar-refractivity contribution >= 4 is 0 Å². The van der Waals surface area contributed by atoms with Crippen LogP contribution in [0.15, 0.2) is 0 Å². The van der Waals surface area contributed by atoms with Gasteiger partial charge in [0, 0.05) is 0 Å². The fourth-order valence-electron chi connectivity index (χ4n) is 1.71. The van der Waals surface area contributed by atoms with Crippen molar-refractivity contribution in [2.45, 2.75) is 39.4 Å². The molecular formula is C9H18O2. The number of hydrogen-bond acceptors (Lipinski definition) is 2. The molecule has 1 heterocycles. The van der Waals surface area contributed by atoms with Gasteiger partial charge in [0.15, 0.2) is 0 Å². The van der Waals surface area contributed by atoms with Crippen LogP contribution in [-0.4, -0.2) is 23.9 Å². The molecule has 1 unspecified atom stereocenters. The van der Waals surface area contributed by atoms with E-state index in [2.05, 4.69) is 20.8 Å². The van der Waals surface area contributed by atoms with Crippen molar-refractivity contribution in [1.29, 1.82) is 0 Å². The van der Waals surface area contributed by atoms with E-state index < -0.39 is 0 Å². The van der Waals surface area contributed by atoms with Gasteiger partial charge in [-0.05, 0) is 25.2 Å². The van der Waals surface area contributed by atoms with Gasteiger partial charge in [-0.15, -0.1) is 0 Å². The van der Waals surface area contributed by atoms with Crippen molar-refractivity contribution in [3.05, 3.63) is 0 Å². The van der Waals surface area contributed by atoms with Crippen molar-refractivity contribution in [3.8, 4) is 0 Å². The van der Waals surface area contributed by atoms with E-state index in [0.717, 1.165) is 6.42 Å². The molecule has 0 bridgehead atoms. The summed E-state index contributed by atoms with van der Waals surface area (Å²) in [5, 5.41) is 9.53. The summed E-state index contributed by atoms with van der Waals surface area (Å²) in [6.07, 6.45) is 1.08. The maximum absolute atomic E-state index is 9.53. The zero-order valence-electron chi connectivity index (χ0n) is 7.58. The molecule has 11 heavy (non-hydrogen) atoms. The van der Waals surface area contributed by atoms with Gasteiger partial charge in [-0.3, -0.25) is 0 Å². The zero-order valence-corrected chi connectivity index (χ0v) is 7.58. The molecule has 1 aliphatic rings. The third kappa shape index (κ3) is 2.17. The van der Waals surface area contributed by atoms with Crippen LogP contribution in [-0.2, 0) is 4.74 Å². The van der Waals surface area contributed by atoms with Gasteiger partial charge in [0.05, 0.1) is 18.8 Å². The lowest BCUT2D eigenvalue weighted by molar-refractivity contribution is -0.0925. The molecule has 3 atom stereocenters. The summed E-state index contributed by atoms with van der Waals surface area (Å²) < 4.78 is 5.32. The lowest BCUT2D eigenvalue weighted by Crippen LogP contribution is -2.38. The van der Waals surface area contributed by atoms with Crippen LogP contribution in [0, 0.1) is 11.8 Å². The first kappa shape index (κ1) is 9.01. The van der Waals surface area contributed by atoms with Crippen LogP contribution in [0.2, 0.25) is 0 Å². The van der Waals surface area contributed by atoms with E-state index >= 15 is 0 Å². The molecule has 2 heteroatoms. The molecule has 1 N–H and O–H groups in total. The van der Waals surface area contributed by atoms with Crippen LogP contribution in [0.4, 0.5) is 0 Å². The van der Waals surface area contributed by atoms with E-state index in [1.807, 2.05) is 0 Å². The Kier molecular flexibility index (Phi) is 2.90. The molecule has 2 nitrogen and oxygen atoms in total. The first-order chi connectivity index (χ1) is 5.11. The van der Waals surface area contributed by atoms with Crippen LogP contribution >= 0.6 is 0 Å². The summed E-state index contributed by atoms with van der Waals surface area (Å²) in [6, 6.07) is 0. The van der Waals surface area contributed by atoms with Crippen LogP contribution in [0.25, 0.3) is 0 Å². The number of hydrogen-bond donors (Lipinski definition) is 1. The average Bonchev–Trinajstić information content (AvgIpc) is 1.94. The molecule has 0 aromatic rings. The van der Waals surface area contributed by atoms with Gasteiger partial charge in [0.1, 0.15) is 0 Å². The Labute approximate surface area is 68.6 Å². The van der Waals surface area contributed by atoms with E-state index in [0.29, 0.717) is 24.5 Å². The molecule has 0 spiro atoms. The Morgan fingerprint density at radius 3 is 2.55 bits per heavy atom. The zero-order chi connectivity index (χ0) is 8.43. The SMILES string of the molecule is CC(C)C1C[C@H](C)OC[C@@H]1O. The standard InChI is InChI=1S/C9H18O2/c1-6(2)8-4-7(3)11-5-9(8)10/h6-10H,4-5H2,1-3H3/t7-,8?,9-/m0/s1. The molecule has 0 radical (unpaired) electrons. The third-order valence-corrected chi connectivity index (χ3v) is 2.51. The van der Waals surface area contributed by atoms with Gasteiger partial charge in [-0.2, -0.15) is 0 Å². The first-order valence-electron chi connectivity index (χ1n) is 4.41. The number of aliphatic hydroxyl groups excluding tert-OH is 1. The number of ether oxygens (including phenoxy) is 1. The molecule has 0 amide bonds. The minimum atomic E-state index is -0.244. The van der Waals surface area contributed by atoms with E-state index in [1.165, 1.54) is 0 Å². The summed E-state index contributed by atoms with van der Waals surface area (Å²) in [6.45, 7) is 6.91. The third-order valence-electron chi connectivity index (χ3n) is 2.51. The fraction of sp³-hybridized carbons (Fsp3) is 1.00. The highest BCUT2D eigenvalue weighted by Crippen LogP contribution is 2.26. The molecule has 0 aromatic carbocycles. The van der Waals surface area contributed by atoms with Crippen molar-refractivity contribution in [1.82, 2.24) is 0 Å². The summed E-state index contributed by atoms with van der Waals surface area (Å²) in [7, 11) is 0. The van der Waals surface area contributed by atoms with E-state index in [9.17, 15) is 5.11 Å². The molecule has 0 aromatic heterocycles. The Morgan fingerprint density at radius 1 is 1.45 bits per heavy atom. The van der Waals surface area contributed by atoms with E-state index in [1.54, 1.807) is 0 Å². The highest BCUT2D eigenvalue weighted by Gasteiger charge is 2.29. The quantitative estimate of drug-likeness (QED) is 0.625. The highest BCUT2D eigenvalue weighted by molar-refractivity contribution is 4.78. The topological polar surface area (TPSA) is 29.5 Å². The van der Waals surface area contributed by atoms with Gasteiger partial charge in [-0.1, -0.05) is 13.8 Å². The molecule has 1 aliphatic heterocycles. The maximum atomic E-state index is 9.53. The first-order valence-corrected chi connectivity index (χ1v) is 4.41. The normalized spacial score (nSPS) is 39.5. The summed E-state index contributed by atoms with van der Waals surface area (Å²) in [5.41, 5.74) is 0. The summed E-state index contributed by atoms with van der Waals surface area (Å²) >= 11 is 0. The Morgan fingerprint density at radius 2 is 2.09 bits per heavy atom. The molecule has 0 saturated carbocycles. The van der Waals surface area contributed by atoms with Crippen molar-refractivity contribution in [2.24, 2.45) is 11.8 Å². The number of rotatable bonds is 1. The average molecular weight is 158 g/mol. The molecule has 1 fully saturated rings. The predicted molar refractivity (Wildman–Crippen MR) is 44.4 cm³/mol. The summed E-state index contributed by atoms with van der Waals surface area (Å²) in [4.78, 5) is 0. The molecule has 66 valence electrons. The second-order valence-corrected chi connectivity index (χ2v) is 3.85. The molecule has 1 saturated heterocycles. The van der Waals surface area contributed by atoms with E-state index in [-0.39, 0.29) is 6.10 Å². The van der Waals surface area contributed by atoms with E-state index in [4.69, 9.17) is 4.74 Å². The second-order valence-electron chi connectivity index (χ2n) is 3.85. The minimum absolute atomic E-state index is 0.244. The summed E-state index contributed by atoms with van der Waals surface area (Å²) in [5.74, 6) is 0.995. The maximum Gasteiger partial charge on any atom is 0.0805 e. The van der Waals surface area contributed by atoms with Crippen LogP contribution in [0.3, 0.4) is 0 Å². The molecular weight excluding hydrogens is 140 g/mol. The largest absolute Gasteiger partial charge is 0.390 e. The van der Waals surface area contributed by atoms with Gasteiger partial charge in [-0.25, -0.2) is 0 Å². The van der Waals surface area contributed by atoms with Gasteiger partial charge >= 0.3 is 0 Å². The van der Waals surface area contributed by atoms with Crippen molar-refractivity contribution in [3.63, 3.8) is 0 Å².